The summed E-state index contributed by atoms with van der Waals surface area (Å²) in [7, 11) is 0. The van der Waals surface area contributed by atoms with E-state index in [0.29, 0.717) is 23.8 Å². The van der Waals surface area contributed by atoms with Gasteiger partial charge in [-0.3, -0.25) is 18.3 Å². The van der Waals surface area contributed by atoms with Crippen LogP contribution in [0.1, 0.15) is 0 Å². The van der Waals surface area contributed by atoms with Crippen LogP contribution in [0.15, 0.2) is 497 Å². The first-order valence-electron chi connectivity index (χ1n) is 46.1. The molecule has 0 saturated carbocycles. The minimum Gasteiger partial charge on any atom is -0.456 e. The third-order valence-electron chi connectivity index (χ3n) is 26.2. The number of rotatable bonds is 12. The fourth-order valence-corrected chi connectivity index (χ4v) is 19.8. The highest BCUT2D eigenvalue weighted by molar-refractivity contribution is 6.16. The second-order valence-electron chi connectivity index (χ2n) is 34.2. The summed E-state index contributed by atoms with van der Waals surface area (Å²) < 4.78 is 16.9. The summed E-state index contributed by atoms with van der Waals surface area (Å²) in [6.07, 6.45) is 14.5. The monoisotopic (exact) mass is 1770 g/mol. The van der Waals surface area contributed by atoms with E-state index in [2.05, 4.69) is 435 Å². The Morgan fingerprint density at radius 1 is 0.138 bits per heavy atom. The highest BCUT2D eigenvalue weighted by Gasteiger charge is 2.23. The van der Waals surface area contributed by atoms with Crippen LogP contribution in [0.5, 0.6) is 0 Å². The van der Waals surface area contributed by atoms with Crippen molar-refractivity contribution >= 4 is 131 Å². The van der Waals surface area contributed by atoms with Crippen LogP contribution in [0, 0.1) is 0 Å². The van der Waals surface area contributed by atoms with E-state index in [1.54, 1.807) is 37.2 Å². The molecule has 0 fully saturated rings. The number of fused-ring (bicyclic) bond motifs is 18. The van der Waals surface area contributed by atoms with Gasteiger partial charge in [0.25, 0.3) is 0 Å². The summed E-state index contributed by atoms with van der Waals surface area (Å²) in [6, 6.07) is 155. The van der Waals surface area contributed by atoms with Crippen LogP contribution >= 0.6 is 0 Å². The van der Waals surface area contributed by atoms with Gasteiger partial charge in [-0.15, -0.1) is 0 Å². The highest BCUT2D eigenvalue weighted by atomic mass is 16.3. The predicted octanol–water partition coefficient (Wildman–Crippen LogP) is 31.0. The third kappa shape index (κ3) is 14.7. The first-order chi connectivity index (χ1) is 68.5. The van der Waals surface area contributed by atoms with Gasteiger partial charge in [0.1, 0.15) is 11.2 Å². The SMILES string of the molecule is c1ccc(-c2ccc3c(c2)c2cc(-c4ccccc4)ccc2n3-c2ncccn2)cc1.c1ccc(-c2cnc(-n3c4ccc(-c5ccccc5)cc4c4cc(-c5ccccc5)ccc43)nc2)cc1.c1ccc(-n2c3ccccc3c3cc(-c4ccc5c(c4)c4ccccc4n5-c4ncccn4)ccc32)cc1.c1cnc(-n2c3ccccc3c3cc(-c4ccc5oc6ccccc6c5c4)ccc32)nc1. The maximum Gasteiger partial charge on any atom is 0.234 e. The number of para-hydroxylation sites is 5. The van der Waals surface area contributed by atoms with Crippen LogP contribution in [-0.2, 0) is 0 Å². The average molecular weight is 1770 g/mol. The lowest BCUT2D eigenvalue weighted by Crippen LogP contribution is -2.00. The quantitative estimate of drug-likeness (QED) is 0.117. The molecule has 18 aromatic carbocycles. The van der Waals surface area contributed by atoms with Crippen LogP contribution in [0.4, 0.5) is 0 Å². The lowest BCUT2D eigenvalue weighted by atomic mass is 10.0. The predicted molar refractivity (Wildman–Crippen MR) is 565 cm³/mol. The molecule has 0 atom stereocenters. The van der Waals surface area contributed by atoms with Crippen molar-refractivity contribution in [3.63, 3.8) is 0 Å². The van der Waals surface area contributed by atoms with Gasteiger partial charge in [0.15, 0.2) is 0 Å². The van der Waals surface area contributed by atoms with Crippen molar-refractivity contribution in [2.24, 2.45) is 0 Å². The smallest absolute Gasteiger partial charge is 0.234 e. The zero-order valence-corrected chi connectivity index (χ0v) is 74.5. The standard InChI is InChI=1S/C34H22N4.C34H23N3.C28H17N3O.C28H19N3/c1-2-9-25(10-3-1)37-30-13-6-4-11-26(30)28-21-23(15-17-32(28)37)24-16-18-33-29(22-24)27-12-5-7-14-31(27)38(33)34-35-19-8-20-36-34;1-4-10-24(11-5-1)27-16-18-32-30(20-27)31-21-28(25-12-6-2-7-13-25)17-19-33(31)37(32)34-35-22-29(23-36-34)26-14-8-3-9-15-26;1-3-8-24-20(6-1)22-16-18(10-12-25(22)31(24)28-29-14-5-15-30-28)19-11-13-27-23(17-19)21-7-2-4-9-26(21)32-27;1-3-8-20(9-4-1)22-12-14-26-24(18-22)25-19-23(21-10-5-2-6-11-21)13-15-27(25)31(26)28-29-16-7-17-30-28/h1-22H;1-23H;1-17H;1-19H. The van der Waals surface area contributed by atoms with Crippen LogP contribution < -0.4 is 0 Å². The van der Waals surface area contributed by atoms with Crippen molar-refractivity contribution in [2.45, 2.75) is 0 Å². The minimum atomic E-state index is 0.666. The maximum absolute atomic E-state index is 6.01. The van der Waals surface area contributed by atoms with Gasteiger partial charge >= 0.3 is 0 Å². The Bertz CT molecular complexity index is 9070. The van der Waals surface area contributed by atoms with Gasteiger partial charge in [0.2, 0.25) is 23.8 Å². The van der Waals surface area contributed by atoms with E-state index in [-0.39, 0.29) is 0 Å². The molecule has 14 nitrogen and oxygen atoms in total. The molecule has 0 aliphatic carbocycles. The Balaban J connectivity index is 0.0000000979. The van der Waals surface area contributed by atoms with Crippen molar-refractivity contribution in [1.82, 2.24) is 62.7 Å². The molecule has 10 aromatic heterocycles. The largest absolute Gasteiger partial charge is 0.456 e. The molecule has 0 aliphatic heterocycles. The molecule has 0 radical (unpaired) electrons. The molecule has 0 aliphatic rings. The van der Waals surface area contributed by atoms with Gasteiger partial charge in [-0.05, 0) is 224 Å². The molecule has 28 rings (SSSR count). The van der Waals surface area contributed by atoms with E-state index in [9.17, 15) is 0 Å². The van der Waals surface area contributed by atoms with Crippen molar-refractivity contribution < 1.29 is 4.42 Å². The second-order valence-corrected chi connectivity index (χ2v) is 34.2. The molecule has 0 spiro atoms. The first kappa shape index (κ1) is 81.1. The van der Waals surface area contributed by atoms with E-state index in [1.165, 1.54) is 137 Å². The molecule has 14 heteroatoms. The molecular formula is C124H81N13O. The summed E-state index contributed by atoms with van der Waals surface area (Å²) in [5.74, 6) is 2.71. The summed E-state index contributed by atoms with van der Waals surface area (Å²) in [5, 5.41) is 14.3. The summed E-state index contributed by atoms with van der Waals surface area (Å²) >= 11 is 0. The van der Waals surface area contributed by atoms with Crippen molar-refractivity contribution in [2.75, 3.05) is 0 Å². The first-order valence-corrected chi connectivity index (χ1v) is 46.1. The van der Waals surface area contributed by atoms with Gasteiger partial charge in [-0.25, -0.2) is 39.9 Å². The molecule has 138 heavy (non-hydrogen) atoms. The van der Waals surface area contributed by atoms with Gasteiger partial charge in [0, 0.05) is 125 Å². The fourth-order valence-electron chi connectivity index (χ4n) is 19.8. The highest BCUT2D eigenvalue weighted by Crippen LogP contribution is 2.44. The van der Waals surface area contributed by atoms with E-state index in [0.717, 1.165) is 77.2 Å². The lowest BCUT2D eigenvalue weighted by Gasteiger charge is -2.08. The average Bonchev–Trinajstić information content (AvgIpc) is 1.65. The summed E-state index contributed by atoms with van der Waals surface area (Å²) in [4.78, 5) is 36.8. The van der Waals surface area contributed by atoms with E-state index in [4.69, 9.17) is 14.4 Å². The van der Waals surface area contributed by atoms with Gasteiger partial charge in [0.05, 0.1) is 55.2 Å². The number of hydrogen-bond donors (Lipinski definition) is 0. The molecule has 0 bridgehead atoms. The number of nitrogens with zero attached hydrogens (tertiary/aromatic N) is 13. The summed E-state index contributed by atoms with van der Waals surface area (Å²) in [5.41, 5.74) is 30.6. The Morgan fingerprint density at radius 2 is 0.355 bits per heavy atom. The molecule has 0 saturated heterocycles. The molecule has 28 aromatic rings. The van der Waals surface area contributed by atoms with Crippen LogP contribution in [0.3, 0.4) is 0 Å². The second kappa shape index (κ2) is 35.0. The Labute approximate surface area is 792 Å². The molecule has 0 unspecified atom stereocenters. The summed E-state index contributed by atoms with van der Waals surface area (Å²) in [6.45, 7) is 0. The van der Waals surface area contributed by atoms with Gasteiger partial charge in [-0.1, -0.05) is 291 Å². The van der Waals surface area contributed by atoms with Gasteiger partial charge in [-0.2, -0.15) is 0 Å². The van der Waals surface area contributed by atoms with E-state index in [1.807, 2.05) is 73.1 Å². The molecular weight excluding hydrogens is 1690 g/mol. The molecule has 10 heterocycles. The number of furan rings is 1. The minimum absolute atomic E-state index is 0.666. The van der Waals surface area contributed by atoms with Crippen LogP contribution in [0.25, 0.3) is 238 Å². The molecule has 648 valence electrons. The zero-order chi connectivity index (χ0) is 91.4. The number of hydrogen-bond acceptors (Lipinski definition) is 9. The van der Waals surface area contributed by atoms with Crippen molar-refractivity contribution in [3.8, 4) is 107 Å². The molecule has 0 amide bonds. The molecule has 0 N–H and O–H groups in total. The Hall–Kier alpha value is -18.9. The van der Waals surface area contributed by atoms with Crippen molar-refractivity contribution in [1.29, 1.82) is 0 Å². The maximum atomic E-state index is 6.01. The van der Waals surface area contributed by atoms with E-state index >= 15 is 0 Å². The van der Waals surface area contributed by atoms with Gasteiger partial charge < -0.3 is 8.98 Å². The van der Waals surface area contributed by atoms with E-state index < -0.39 is 0 Å². The Morgan fingerprint density at radius 3 is 0.681 bits per heavy atom. The Kier molecular flexibility index (Phi) is 20.6. The van der Waals surface area contributed by atoms with Crippen molar-refractivity contribution in [3.05, 3.63) is 492 Å². The third-order valence-corrected chi connectivity index (χ3v) is 26.2. The zero-order valence-electron chi connectivity index (χ0n) is 74.5. The van der Waals surface area contributed by atoms with Crippen LogP contribution in [0.2, 0.25) is 0 Å². The number of benzene rings is 18. The normalized spacial score (nSPS) is 11.5. The lowest BCUT2D eigenvalue weighted by molar-refractivity contribution is 0.669. The fraction of sp³-hybridized carbons (Fsp3) is 0. The topological polar surface area (TPSA) is 141 Å². The number of aromatic nitrogens is 13. The van der Waals surface area contributed by atoms with Crippen LogP contribution in [-0.4, -0.2) is 62.7 Å².